The quantitative estimate of drug-likeness (QED) is 0.195. The second-order valence-electron chi connectivity index (χ2n) is 16.1. The van der Waals surface area contributed by atoms with Crippen LogP contribution in [0.1, 0.15) is 0 Å². The van der Waals surface area contributed by atoms with E-state index < -0.39 is 0 Å². The summed E-state index contributed by atoms with van der Waals surface area (Å²) in [6, 6.07) is 39.7. The van der Waals surface area contributed by atoms with Crippen molar-refractivity contribution < 1.29 is 4.42 Å². The highest BCUT2D eigenvalue weighted by molar-refractivity contribution is 6.71. The van der Waals surface area contributed by atoms with Crippen molar-refractivity contribution in [2.75, 3.05) is 4.90 Å². The van der Waals surface area contributed by atoms with Gasteiger partial charge in [-0.2, -0.15) is 0 Å². The monoisotopic (exact) mass is 793 g/mol. The molecule has 0 saturated carbocycles. The van der Waals surface area contributed by atoms with E-state index in [-0.39, 0.29) is 93.5 Å². The van der Waals surface area contributed by atoms with Gasteiger partial charge in [0.05, 0.1) is 0 Å². The summed E-state index contributed by atoms with van der Waals surface area (Å²) in [6.45, 7) is 0. The number of fused-ring (bicyclic) bond motifs is 6. The van der Waals surface area contributed by atoms with E-state index in [0.717, 1.165) is 54.6 Å². The molecule has 2 nitrogen and oxygen atoms in total. The third-order valence-electron chi connectivity index (χ3n) is 12.5. The number of benzene rings is 9. The van der Waals surface area contributed by atoms with E-state index in [0.29, 0.717) is 16.8 Å². The minimum Gasteiger partial charge on any atom is -0.455 e. The highest BCUT2D eigenvalue weighted by atomic mass is 16.3. The van der Waals surface area contributed by atoms with Gasteiger partial charge in [-0.05, 0) is 79.9 Å². The van der Waals surface area contributed by atoms with Crippen molar-refractivity contribution >= 4 is 234 Å². The van der Waals surface area contributed by atoms with Crippen LogP contribution in [0.3, 0.4) is 0 Å². The average Bonchev–Trinajstić information content (AvgIpc) is 3.72. The number of furan rings is 1. The minimum atomic E-state index is -0.0489. The van der Waals surface area contributed by atoms with Gasteiger partial charge in [-0.1, -0.05) is 146 Å². The van der Waals surface area contributed by atoms with E-state index in [4.69, 9.17) is 106 Å². The first-order valence-electron chi connectivity index (χ1n) is 20.5. The first-order chi connectivity index (χ1) is 31.2. The second kappa shape index (κ2) is 16.1. The minimum absolute atomic E-state index is 0.00651. The molecule has 0 bridgehead atoms. The number of anilines is 3. The summed E-state index contributed by atoms with van der Waals surface area (Å²) in [5.74, 6) is 0. The fraction of sp³-hybridized carbons (Fsp3) is 0. The van der Waals surface area contributed by atoms with Crippen LogP contribution in [0.25, 0.3) is 76.9 Å². The smallest absolute Gasteiger partial charge is 0.143 e. The molecule has 10 rings (SSSR count). The first-order valence-corrected chi connectivity index (χ1v) is 20.5. The zero-order chi connectivity index (χ0) is 45.7. The molecule has 1 aromatic heterocycles. The van der Waals surface area contributed by atoms with Gasteiger partial charge < -0.3 is 9.32 Å². The van der Waals surface area contributed by atoms with Crippen LogP contribution in [0.5, 0.6) is 0 Å². The molecule has 270 valence electrons. The summed E-state index contributed by atoms with van der Waals surface area (Å²) >= 11 is 0. The second-order valence-corrected chi connectivity index (χ2v) is 16.1. The topological polar surface area (TPSA) is 16.4 Å². The molecule has 1 heterocycles. The average molecular weight is 791 g/mol. The lowest BCUT2D eigenvalue weighted by Crippen LogP contribution is -2.57. The van der Waals surface area contributed by atoms with Crippen LogP contribution in [0.15, 0.2) is 126 Å². The largest absolute Gasteiger partial charge is 0.455 e. The maximum atomic E-state index is 7.10. The van der Waals surface area contributed by atoms with Crippen molar-refractivity contribution in [1.82, 2.24) is 0 Å². The zero-order valence-corrected chi connectivity index (χ0v) is 34.9. The lowest BCUT2D eigenvalue weighted by atomic mass is 9.56. The molecule has 0 aliphatic heterocycles. The summed E-state index contributed by atoms with van der Waals surface area (Å²) in [6.07, 6.45) is 0. The molecule has 26 radical (unpaired) electrons. The first kappa shape index (κ1) is 42.9. The fourth-order valence-corrected chi connectivity index (χ4v) is 9.11. The molecule has 15 heteroatoms. The van der Waals surface area contributed by atoms with E-state index in [1.54, 1.807) is 4.90 Å². The Morgan fingerprint density at radius 3 is 1.42 bits per heavy atom. The number of nitrogens with zero attached hydrogens (tertiary/aromatic N) is 1. The maximum absolute atomic E-state index is 7.10. The third kappa shape index (κ3) is 6.59. The molecule has 0 aliphatic rings. The van der Waals surface area contributed by atoms with E-state index in [1.807, 2.05) is 97.1 Å². The molecule has 0 unspecified atom stereocenters. The van der Waals surface area contributed by atoms with E-state index in [2.05, 4.69) is 24.3 Å². The van der Waals surface area contributed by atoms with Crippen molar-refractivity contribution in [3.05, 3.63) is 121 Å². The summed E-state index contributed by atoms with van der Waals surface area (Å²) in [5.41, 5.74) is 5.80. The van der Waals surface area contributed by atoms with E-state index in [9.17, 15) is 0 Å². The molecule has 0 aliphatic carbocycles. The van der Waals surface area contributed by atoms with Gasteiger partial charge >= 0.3 is 0 Å². The zero-order valence-electron chi connectivity index (χ0n) is 34.9. The molecule has 0 N–H and O–H groups in total. The van der Waals surface area contributed by atoms with Gasteiger partial charge in [-0.15, -0.1) is 16.4 Å². The third-order valence-corrected chi connectivity index (χ3v) is 12.5. The van der Waals surface area contributed by atoms with Crippen LogP contribution in [-0.2, 0) is 0 Å². The van der Waals surface area contributed by atoms with Crippen molar-refractivity contribution in [2.24, 2.45) is 0 Å². The van der Waals surface area contributed by atoms with Crippen molar-refractivity contribution in [3.63, 3.8) is 0 Å². The highest BCUT2D eigenvalue weighted by Gasteiger charge is 2.27. The van der Waals surface area contributed by atoms with Gasteiger partial charge in [0.25, 0.3) is 0 Å². The molecule has 0 fully saturated rings. The molecule has 0 atom stereocenters. The highest BCUT2D eigenvalue weighted by Crippen LogP contribution is 2.40. The summed E-state index contributed by atoms with van der Waals surface area (Å²) in [4.78, 5) is 1.64. The van der Waals surface area contributed by atoms with Crippen LogP contribution in [0, 0.1) is 0 Å². The predicted octanol–water partition coefficient (Wildman–Crippen LogP) is -1.32. The van der Waals surface area contributed by atoms with Gasteiger partial charge in [-0.25, -0.2) is 0 Å². The molecular weight excluding hydrogens is 771 g/mol. The molecule has 9 aromatic carbocycles. The van der Waals surface area contributed by atoms with Crippen LogP contribution in [0.4, 0.5) is 17.1 Å². The Hall–Kier alpha value is -6.06. The van der Waals surface area contributed by atoms with Gasteiger partial charge in [0, 0.05) is 33.2 Å². The fourth-order valence-electron chi connectivity index (χ4n) is 9.11. The standard InChI is InChI=1S/C50H20B13NO/c51-35-31(25-13-12-21-6-1-2-8-24(21)20-25)36(52)45(61)48(44(35)60)64(49-46(62)39(55)34(40(56)47(49)63)33-37(53)41(57)43(59)42(58)38(33)54)26-17-14-23(15-18-26)27-10-5-11-30-32(27)29-19-16-22-7-3-4-9-28(22)50(29)65-30/h1-20H. The van der Waals surface area contributed by atoms with Crippen LogP contribution in [0.2, 0.25) is 0 Å². The molecule has 10 aromatic rings. The maximum Gasteiger partial charge on any atom is 0.143 e. The molecule has 65 heavy (non-hydrogen) atoms. The summed E-state index contributed by atoms with van der Waals surface area (Å²) in [7, 11) is 87.8. The van der Waals surface area contributed by atoms with Crippen LogP contribution in [-0.4, -0.2) is 102 Å². The summed E-state index contributed by atoms with van der Waals surface area (Å²) in [5, 5.41) is 6.04. The van der Waals surface area contributed by atoms with Crippen molar-refractivity contribution in [2.45, 2.75) is 0 Å². The molecular formula is C50H20B13NO. The van der Waals surface area contributed by atoms with Gasteiger partial charge in [0.15, 0.2) is 0 Å². The lowest BCUT2D eigenvalue weighted by molar-refractivity contribution is 0.673. The Balaban J connectivity index is 1.21. The molecule has 0 amide bonds. The van der Waals surface area contributed by atoms with E-state index in [1.165, 1.54) is 0 Å². The van der Waals surface area contributed by atoms with Gasteiger partial charge in [-0.3, -0.25) is 0 Å². The lowest BCUT2D eigenvalue weighted by Gasteiger charge is -2.37. The number of hydrogen-bond acceptors (Lipinski definition) is 2. The Labute approximate surface area is 395 Å². The predicted molar refractivity (Wildman–Crippen MR) is 290 cm³/mol. The Morgan fingerprint density at radius 1 is 0.338 bits per heavy atom. The Kier molecular flexibility index (Phi) is 10.6. The number of rotatable bonds is 6. The Bertz CT molecular complexity index is 3570. The van der Waals surface area contributed by atoms with Crippen molar-refractivity contribution in [1.29, 1.82) is 0 Å². The SMILES string of the molecule is [B]c1c([B])c([B])c(-c2c([B])c([B])c(N(c3ccc(-c4cccc5oc6c7ccccc7ccc6c45)cc3)c3c([B])c([B])c(-c4ccc5ccccc5c4)c([B])c3[B])c([B])c2[B])c([B])c1[B]. The van der Waals surface area contributed by atoms with Gasteiger partial charge in [0.2, 0.25) is 0 Å². The van der Waals surface area contributed by atoms with Crippen molar-refractivity contribution in [3.8, 4) is 33.4 Å². The number of hydrogen-bond donors (Lipinski definition) is 0. The summed E-state index contributed by atoms with van der Waals surface area (Å²) < 4.78 is 6.49. The van der Waals surface area contributed by atoms with E-state index >= 15 is 0 Å². The van der Waals surface area contributed by atoms with Crippen LogP contribution < -0.4 is 75.9 Å². The molecule has 0 spiro atoms. The molecule has 0 saturated heterocycles. The Morgan fingerprint density at radius 2 is 0.815 bits per heavy atom. The normalized spacial score (nSPS) is 11.6. The van der Waals surface area contributed by atoms with Crippen LogP contribution >= 0.6 is 0 Å². The van der Waals surface area contributed by atoms with Gasteiger partial charge in [0.1, 0.15) is 113 Å².